The van der Waals surface area contributed by atoms with Crippen molar-refractivity contribution in [3.63, 3.8) is 0 Å². The topological polar surface area (TPSA) is 20.2 Å². The molecule has 3 aromatic carbocycles. The van der Waals surface area contributed by atoms with Crippen molar-refractivity contribution in [2.75, 3.05) is 0 Å². The lowest BCUT2D eigenvalue weighted by molar-refractivity contribution is 0.535. The molecule has 0 aliphatic rings. The number of rotatable bonds is 18. The van der Waals surface area contributed by atoms with Crippen molar-refractivity contribution in [2.45, 2.75) is 103 Å². The fourth-order valence-electron chi connectivity index (χ4n) is 5.14. The Hall–Kier alpha value is -1.95. The van der Waals surface area contributed by atoms with Crippen LogP contribution in [0.15, 0.2) is 84.9 Å². The molecule has 0 aliphatic carbocycles. The zero-order valence-corrected chi connectivity index (χ0v) is 23.5. The maximum Gasteiger partial charge on any atom is 0.238 e. The van der Waals surface area contributed by atoms with Crippen molar-refractivity contribution in [3.8, 4) is 0 Å². The fourth-order valence-corrected chi connectivity index (χ4v) is 7.82. The minimum absolute atomic E-state index is 1.01. The first-order valence-electron chi connectivity index (χ1n) is 14.6. The molecule has 0 fully saturated rings. The summed E-state index contributed by atoms with van der Waals surface area (Å²) in [4.78, 5) is 12.0. The molecule has 0 aliphatic heterocycles. The summed E-state index contributed by atoms with van der Waals surface area (Å²) in [6.45, 7) is 2.29. The molecule has 0 atom stereocenters. The van der Waals surface area contributed by atoms with Crippen molar-refractivity contribution in [1.82, 2.24) is 0 Å². The van der Waals surface area contributed by atoms with Crippen molar-refractivity contribution in [1.29, 1.82) is 0 Å². The molecule has 0 aromatic heterocycles. The fraction of sp³-hybridized carbons (Fsp3) is 0.471. The summed E-state index contributed by atoms with van der Waals surface area (Å²) in [5, 5.41) is 3.05. The molecule has 0 amide bonds. The predicted molar refractivity (Wildman–Crippen MR) is 161 cm³/mol. The van der Waals surface area contributed by atoms with Gasteiger partial charge in [-0.1, -0.05) is 139 Å². The van der Waals surface area contributed by atoms with Crippen LogP contribution in [0, 0.1) is 0 Å². The van der Waals surface area contributed by atoms with Crippen molar-refractivity contribution >= 4 is 23.4 Å². The van der Waals surface area contributed by atoms with Crippen LogP contribution in [0.1, 0.15) is 102 Å². The van der Waals surface area contributed by atoms with Crippen molar-refractivity contribution < 1.29 is 4.89 Å². The van der Waals surface area contributed by atoms with Crippen LogP contribution in [0.2, 0.25) is 0 Å². The zero-order chi connectivity index (χ0) is 25.3. The van der Waals surface area contributed by atoms with E-state index in [1.54, 1.807) is 0 Å². The second-order valence-electron chi connectivity index (χ2n) is 10.3. The third kappa shape index (κ3) is 9.17. The Morgan fingerprint density at radius 2 is 0.806 bits per heavy atom. The summed E-state index contributed by atoms with van der Waals surface area (Å²) in [6.07, 6.45) is 20.7. The van der Waals surface area contributed by atoms with Gasteiger partial charge in [-0.3, -0.25) is 0 Å². The minimum atomic E-state index is -2.61. The first-order valence-corrected chi connectivity index (χ1v) is 16.3. The molecule has 0 saturated heterocycles. The third-order valence-electron chi connectivity index (χ3n) is 7.39. The van der Waals surface area contributed by atoms with Gasteiger partial charge in [-0.25, -0.2) is 4.89 Å². The van der Waals surface area contributed by atoms with Gasteiger partial charge in [-0.05, 0) is 54.8 Å². The Morgan fingerprint density at radius 1 is 0.444 bits per heavy atom. The summed E-state index contributed by atoms with van der Waals surface area (Å²) in [5.74, 6) is 0. The molecule has 0 spiro atoms. The van der Waals surface area contributed by atoms with Gasteiger partial charge in [-0.2, -0.15) is 0 Å². The molecule has 0 saturated carbocycles. The number of benzene rings is 3. The molecule has 36 heavy (non-hydrogen) atoms. The molecule has 0 bridgehead atoms. The van der Waals surface area contributed by atoms with Gasteiger partial charge in [0.2, 0.25) is 7.49 Å². The average molecular weight is 504 g/mol. The van der Waals surface area contributed by atoms with Gasteiger partial charge in [-0.15, -0.1) is 0 Å². The molecule has 1 nitrogen and oxygen atoms in total. The van der Waals surface area contributed by atoms with Crippen LogP contribution in [-0.4, -0.2) is 4.89 Å². The van der Waals surface area contributed by atoms with E-state index in [1.807, 2.05) is 36.4 Å². The largest absolute Gasteiger partial charge is 0.238 e. The van der Waals surface area contributed by atoms with E-state index in [-0.39, 0.29) is 0 Å². The summed E-state index contributed by atoms with van der Waals surface area (Å²) in [5.41, 5.74) is 1.38. The van der Waals surface area contributed by atoms with E-state index in [1.165, 1.54) is 95.5 Å². The predicted octanol–water partition coefficient (Wildman–Crippen LogP) is 8.91. The summed E-state index contributed by atoms with van der Waals surface area (Å²) in [7, 11) is -2.61. The lowest BCUT2D eigenvalue weighted by Crippen LogP contribution is -2.30. The Labute approximate surface area is 221 Å². The van der Waals surface area contributed by atoms with E-state index >= 15 is 0 Å². The van der Waals surface area contributed by atoms with Crippen LogP contribution >= 0.6 is 7.49 Å². The van der Waals surface area contributed by atoms with Crippen LogP contribution in [0.25, 0.3) is 0 Å². The van der Waals surface area contributed by atoms with Crippen LogP contribution in [0.3, 0.4) is 0 Å². The molecular weight excluding hydrogens is 455 g/mol. The standard InChI is InChI=1S/C34H48OP/c1-2-3-4-5-6-7-8-9-10-11-12-13-14-17-22-31-27-29-34(30-28-31)36(35,32-23-18-15-19-24-32)33-25-20-16-21-26-33/h15-16,18-21,23-30,35H,2-14,17,22H2,1H3/q+1. The average Bonchev–Trinajstić information content (AvgIpc) is 2.94. The van der Waals surface area contributed by atoms with E-state index in [0.717, 1.165) is 22.3 Å². The van der Waals surface area contributed by atoms with Gasteiger partial charge in [0.05, 0.1) is 0 Å². The quantitative estimate of drug-likeness (QED) is 0.136. The first kappa shape index (κ1) is 28.6. The van der Waals surface area contributed by atoms with Crippen LogP contribution in [0.5, 0.6) is 0 Å². The monoisotopic (exact) mass is 503 g/mol. The highest BCUT2D eigenvalue weighted by Crippen LogP contribution is 2.50. The lowest BCUT2D eigenvalue weighted by Gasteiger charge is -2.20. The molecular formula is C34H48OP+. The van der Waals surface area contributed by atoms with Gasteiger partial charge >= 0.3 is 0 Å². The number of hydrogen-bond acceptors (Lipinski definition) is 1. The zero-order valence-electron chi connectivity index (χ0n) is 22.6. The highest BCUT2D eigenvalue weighted by molar-refractivity contribution is 7.91. The highest BCUT2D eigenvalue weighted by Gasteiger charge is 2.43. The molecule has 2 heteroatoms. The molecule has 0 heterocycles. The lowest BCUT2D eigenvalue weighted by atomic mass is 10.0. The van der Waals surface area contributed by atoms with Crippen molar-refractivity contribution in [3.05, 3.63) is 90.5 Å². The van der Waals surface area contributed by atoms with Gasteiger partial charge in [0.15, 0.2) is 0 Å². The third-order valence-corrected chi connectivity index (χ3v) is 10.5. The van der Waals surface area contributed by atoms with E-state index in [2.05, 4.69) is 55.5 Å². The number of hydrogen-bond donors (Lipinski definition) is 1. The SMILES string of the molecule is CCCCCCCCCCCCCCCCc1ccc([P+](O)(c2ccccc2)c2ccccc2)cc1. The number of unbranched alkanes of at least 4 members (excludes halogenated alkanes) is 13. The van der Waals surface area contributed by atoms with Gasteiger partial charge < -0.3 is 0 Å². The molecule has 3 aromatic rings. The Kier molecular flexibility index (Phi) is 13.3. The van der Waals surface area contributed by atoms with Crippen LogP contribution in [-0.2, 0) is 6.42 Å². The molecule has 3 rings (SSSR count). The van der Waals surface area contributed by atoms with E-state index in [0.29, 0.717) is 0 Å². The summed E-state index contributed by atoms with van der Waals surface area (Å²) < 4.78 is 0. The Morgan fingerprint density at radius 3 is 1.22 bits per heavy atom. The van der Waals surface area contributed by atoms with Gasteiger partial charge in [0.1, 0.15) is 15.9 Å². The van der Waals surface area contributed by atoms with Crippen LogP contribution < -0.4 is 15.9 Å². The maximum absolute atomic E-state index is 12.0. The van der Waals surface area contributed by atoms with E-state index in [4.69, 9.17) is 0 Å². The van der Waals surface area contributed by atoms with Gasteiger partial charge in [0.25, 0.3) is 0 Å². The second kappa shape index (κ2) is 16.7. The number of aryl methyl sites for hydroxylation is 1. The summed E-state index contributed by atoms with van der Waals surface area (Å²) in [6, 6.07) is 29.1. The minimum Gasteiger partial charge on any atom is -0.235 e. The molecule has 1 N–H and O–H groups in total. The van der Waals surface area contributed by atoms with Crippen LogP contribution in [0.4, 0.5) is 0 Å². The van der Waals surface area contributed by atoms with E-state index in [9.17, 15) is 4.89 Å². The van der Waals surface area contributed by atoms with E-state index < -0.39 is 7.49 Å². The molecule has 194 valence electrons. The van der Waals surface area contributed by atoms with Gasteiger partial charge in [0, 0.05) is 0 Å². The smallest absolute Gasteiger partial charge is 0.235 e. The normalized spacial score (nSPS) is 11.6. The highest BCUT2D eigenvalue weighted by atomic mass is 31.2. The molecule has 0 unspecified atom stereocenters. The maximum atomic E-state index is 12.0. The first-order chi connectivity index (χ1) is 17.7. The summed E-state index contributed by atoms with van der Waals surface area (Å²) >= 11 is 0. The second-order valence-corrected chi connectivity index (χ2v) is 13.1. The Balaban J connectivity index is 1.37. The molecule has 0 radical (unpaired) electrons. The van der Waals surface area contributed by atoms with Crippen molar-refractivity contribution in [2.24, 2.45) is 0 Å². The Bertz CT molecular complexity index is 896.